The maximum atomic E-state index is 12.9. The van der Waals surface area contributed by atoms with E-state index in [-0.39, 0.29) is 51.4 Å². The van der Waals surface area contributed by atoms with Crippen LogP contribution in [0.1, 0.15) is 140 Å². The van der Waals surface area contributed by atoms with Crippen LogP contribution in [0, 0.1) is 34.5 Å². The number of aromatic nitrogens is 3. The smallest absolute Gasteiger partial charge is 0.291 e. The highest BCUT2D eigenvalue weighted by Gasteiger charge is 2.65. The van der Waals surface area contributed by atoms with Crippen molar-refractivity contribution >= 4 is 33.1 Å². The van der Waals surface area contributed by atoms with E-state index in [1.807, 2.05) is 26.0 Å². The number of hydrogen-bond donors (Lipinski definition) is 3. The summed E-state index contributed by atoms with van der Waals surface area (Å²) in [5, 5.41) is 3.02. The molecule has 11 heteroatoms. The fraction of sp³-hybridized carbons (Fsp3) is 0.632. The van der Waals surface area contributed by atoms with Crippen LogP contribution >= 0.6 is 0 Å². The molecule has 2 aromatic rings. The lowest BCUT2D eigenvalue weighted by molar-refractivity contribution is -0.162. The van der Waals surface area contributed by atoms with Gasteiger partial charge in [0, 0.05) is 18.0 Å². The number of carbonyl (C=O) groups excluding carboxylic acids is 2. The molecule has 1 amide bonds. The van der Waals surface area contributed by atoms with Crippen LogP contribution in [0.25, 0.3) is 5.57 Å². The summed E-state index contributed by atoms with van der Waals surface area (Å²) in [4.78, 5) is 36.9. The first kappa shape index (κ1) is 36.9. The highest BCUT2D eigenvalue weighted by atomic mass is 32.2. The van der Waals surface area contributed by atoms with Crippen molar-refractivity contribution in [3.05, 3.63) is 47.3 Å². The van der Waals surface area contributed by atoms with Crippen LogP contribution in [0.2, 0.25) is 0 Å². The van der Waals surface area contributed by atoms with E-state index in [4.69, 9.17) is 20.7 Å². The molecule has 1 aliphatic heterocycles. The molecule has 2 bridgehead atoms. The van der Waals surface area contributed by atoms with E-state index >= 15 is 0 Å². The summed E-state index contributed by atoms with van der Waals surface area (Å²) in [6, 6.07) is 4.03. The zero-order valence-corrected chi connectivity index (χ0v) is 31.0. The largest absolute Gasteiger partial charge is 0.370 e. The van der Waals surface area contributed by atoms with Gasteiger partial charge in [-0.2, -0.15) is 8.42 Å². The topological polar surface area (TPSA) is 151 Å². The number of imidazole rings is 1. The van der Waals surface area contributed by atoms with Gasteiger partial charge in [0.2, 0.25) is 0 Å². The van der Waals surface area contributed by atoms with Crippen molar-refractivity contribution in [2.75, 3.05) is 11.1 Å². The lowest BCUT2D eigenvalue weighted by Gasteiger charge is -2.45. The third-order valence-electron chi connectivity index (χ3n) is 11.4. The maximum Gasteiger partial charge on any atom is 0.291 e. The molecule has 3 N–H and O–H groups in total. The Kier molecular flexibility index (Phi) is 9.63. The Hall–Kier alpha value is -3.33. The molecular weight excluding hydrogens is 641 g/mol. The first-order valence-corrected chi connectivity index (χ1v) is 18.9. The Balaban J connectivity index is 0.000000259. The number of nitrogens with one attached hydrogen (secondary N) is 2. The minimum absolute atomic E-state index is 0.0152. The molecule has 4 aliphatic rings. The van der Waals surface area contributed by atoms with Crippen molar-refractivity contribution in [1.82, 2.24) is 15.0 Å². The number of aromatic amines is 1. The third kappa shape index (κ3) is 7.87. The molecule has 266 valence electrons. The standard InChI is InChI=1S/C28H36N4O2.C10H16O4S/c1-8-20-17-29-24(30-20)25(33)32-22-10-9-21(19-15-27(4,5)34-28(6,7)16-19)31-23(22)18-11-13-26(2,3)14-12-18;1-9(2)7-3-4-10(9,8(11)5-7)6-15(12,13)14/h1,9-11,17,19H,12-16H2,2-7H3,(H,29,30)(H,32,33);7H,3-6H2,1-2H3,(H,12,13,14)/t;7-,10-/m.0/s1. The zero-order valence-electron chi connectivity index (χ0n) is 30.2. The molecule has 2 aromatic heterocycles. The number of pyridine rings is 1. The Labute approximate surface area is 291 Å². The average Bonchev–Trinajstić information content (AvgIpc) is 3.59. The van der Waals surface area contributed by atoms with E-state index in [1.54, 1.807) is 0 Å². The summed E-state index contributed by atoms with van der Waals surface area (Å²) >= 11 is 0. The second kappa shape index (κ2) is 12.8. The molecule has 6 rings (SSSR count). The van der Waals surface area contributed by atoms with Crippen LogP contribution in [-0.4, -0.2) is 56.6 Å². The van der Waals surface area contributed by atoms with Crippen molar-refractivity contribution in [3.63, 3.8) is 0 Å². The number of allylic oxidation sites excluding steroid dienone is 2. The van der Waals surface area contributed by atoms with Gasteiger partial charge in [-0.3, -0.25) is 19.1 Å². The van der Waals surface area contributed by atoms with Crippen LogP contribution in [-0.2, 0) is 19.6 Å². The van der Waals surface area contributed by atoms with Crippen LogP contribution < -0.4 is 5.32 Å². The summed E-state index contributed by atoms with van der Waals surface area (Å²) in [6.45, 7) is 17.1. The van der Waals surface area contributed by atoms with Gasteiger partial charge in [0.05, 0.1) is 39.9 Å². The molecule has 0 unspecified atom stereocenters. The Morgan fingerprint density at radius 3 is 2.29 bits per heavy atom. The SMILES string of the molecule is C#Cc1cnc(C(=O)Nc2ccc(C3CC(C)(C)OC(C)(C)C3)nc2C2=CCC(C)(C)CC2)[nH]1.CC1(C)[C@H]2CC[C@]1(CS(=O)(=O)O)C(=O)C2. The first-order valence-electron chi connectivity index (χ1n) is 17.3. The van der Waals surface area contributed by atoms with Gasteiger partial charge in [0.15, 0.2) is 5.82 Å². The third-order valence-corrected chi connectivity index (χ3v) is 12.3. The minimum Gasteiger partial charge on any atom is -0.370 e. The quantitative estimate of drug-likeness (QED) is 0.210. The van der Waals surface area contributed by atoms with Gasteiger partial charge in [0.25, 0.3) is 16.0 Å². The van der Waals surface area contributed by atoms with E-state index in [1.165, 1.54) is 11.8 Å². The molecule has 0 spiro atoms. The van der Waals surface area contributed by atoms with Crippen LogP contribution in [0.15, 0.2) is 24.4 Å². The van der Waals surface area contributed by atoms with Crippen LogP contribution in [0.5, 0.6) is 0 Å². The average molecular weight is 693 g/mol. The normalized spacial score (nSPS) is 26.7. The number of fused-ring (bicyclic) bond motifs is 2. The number of carbonyl (C=O) groups is 2. The molecule has 49 heavy (non-hydrogen) atoms. The molecule has 0 aromatic carbocycles. The maximum absolute atomic E-state index is 12.9. The number of anilines is 1. The number of nitrogens with zero attached hydrogens (tertiary/aromatic N) is 2. The summed E-state index contributed by atoms with van der Waals surface area (Å²) < 4.78 is 37.3. The van der Waals surface area contributed by atoms with Gasteiger partial charge < -0.3 is 15.0 Å². The molecule has 1 saturated heterocycles. The Morgan fingerprint density at radius 2 is 1.78 bits per heavy atom. The molecular formula is C38H52N4O6S. The Morgan fingerprint density at radius 1 is 1.10 bits per heavy atom. The number of Topliss-reactive ketones (excluding diaryl/α,β-unsaturated/α-hetero) is 1. The molecule has 3 heterocycles. The van der Waals surface area contributed by atoms with Gasteiger partial charge in [0.1, 0.15) is 11.5 Å². The summed E-state index contributed by atoms with van der Waals surface area (Å²) in [5.41, 5.74) is 2.98. The van der Waals surface area contributed by atoms with Gasteiger partial charge in [-0.05, 0) is 107 Å². The van der Waals surface area contributed by atoms with Crippen molar-refractivity contribution in [3.8, 4) is 12.3 Å². The van der Waals surface area contributed by atoms with E-state index in [9.17, 15) is 18.0 Å². The molecule has 0 radical (unpaired) electrons. The zero-order chi connectivity index (χ0) is 36.2. The Bertz CT molecular complexity index is 1800. The minimum atomic E-state index is -4.08. The number of ether oxygens (including phenoxy) is 1. The van der Waals surface area contributed by atoms with E-state index in [0.29, 0.717) is 24.2 Å². The lowest BCUT2D eigenvalue weighted by Crippen LogP contribution is -2.44. The molecule has 10 nitrogen and oxygen atoms in total. The highest BCUT2D eigenvalue weighted by Crippen LogP contribution is 2.64. The second-order valence-corrected chi connectivity index (χ2v) is 18.5. The van der Waals surface area contributed by atoms with Crippen molar-refractivity contribution in [1.29, 1.82) is 0 Å². The number of ketones is 1. The van der Waals surface area contributed by atoms with Gasteiger partial charge >= 0.3 is 0 Å². The fourth-order valence-corrected chi connectivity index (χ4v) is 10.0. The van der Waals surface area contributed by atoms with Gasteiger partial charge in [-0.1, -0.05) is 39.7 Å². The van der Waals surface area contributed by atoms with Crippen molar-refractivity contribution < 1.29 is 27.3 Å². The first-order chi connectivity index (χ1) is 22.6. The monoisotopic (exact) mass is 692 g/mol. The number of rotatable bonds is 6. The molecule has 3 fully saturated rings. The molecule has 2 atom stereocenters. The van der Waals surface area contributed by atoms with Crippen LogP contribution in [0.4, 0.5) is 5.69 Å². The summed E-state index contributed by atoms with van der Waals surface area (Å²) in [5.74, 6) is 2.50. The van der Waals surface area contributed by atoms with Gasteiger partial charge in [-0.25, -0.2) is 4.98 Å². The number of hydrogen-bond acceptors (Lipinski definition) is 7. The van der Waals surface area contributed by atoms with Crippen molar-refractivity contribution in [2.45, 2.75) is 124 Å². The molecule has 2 saturated carbocycles. The lowest BCUT2D eigenvalue weighted by atomic mass is 9.70. The predicted octanol–water partition coefficient (Wildman–Crippen LogP) is 7.35. The fourth-order valence-electron chi connectivity index (χ4n) is 8.75. The van der Waals surface area contributed by atoms with E-state index in [2.05, 4.69) is 68.8 Å². The number of H-pyrrole nitrogens is 1. The highest BCUT2D eigenvalue weighted by molar-refractivity contribution is 7.85. The second-order valence-electron chi connectivity index (χ2n) is 17.1. The van der Waals surface area contributed by atoms with E-state index < -0.39 is 21.3 Å². The number of amides is 1. The van der Waals surface area contributed by atoms with Crippen LogP contribution in [0.3, 0.4) is 0 Å². The summed E-state index contributed by atoms with van der Waals surface area (Å²) in [7, 11) is -4.08. The number of terminal acetylenes is 1. The molecule has 3 aliphatic carbocycles. The summed E-state index contributed by atoms with van der Waals surface area (Å²) in [6.07, 6.45) is 16.0. The predicted molar refractivity (Wildman–Crippen MR) is 191 cm³/mol. The van der Waals surface area contributed by atoms with Gasteiger partial charge in [-0.15, -0.1) is 6.42 Å². The van der Waals surface area contributed by atoms with E-state index in [0.717, 1.165) is 49.9 Å². The van der Waals surface area contributed by atoms with Crippen molar-refractivity contribution in [2.24, 2.45) is 22.2 Å².